The number of hydrogen-bond acceptors (Lipinski definition) is 3. The molecule has 2 aliphatic rings. The monoisotopic (exact) mass is 276 g/mol. The molecule has 0 spiro atoms. The Hall–Kier alpha value is -2.11. The standard InChI is InChI=1S/C14H13FN2O3/c15-14(3-4-14)17-7-9-5-8(13(18)19)6-11(12(9)16-17)20-10-1-2-10/h5-7,10H,1-4H2,(H,18,19). The zero-order valence-corrected chi connectivity index (χ0v) is 10.7. The molecule has 104 valence electrons. The number of nitrogens with zero attached hydrogens (tertiary/aromatic N) is 2. The van der Waals surface area contributed by atoms with Gasteiger partial charge in [-0.15, -0.1) is 0 Å². The summed E-state index contributed by atoms with van der Waals surface area (Å²) in [5.41, 5.74) is 0.669. The van der Waals surface area contributed by atoms with Crippen LogP contribution in [0.4, 0.5) is 4.39 Å². The number of rotatable bonds is 4. The van der Waals surface area contributed by atoms with Crippen LogP contribution in [-0.4, -0.2) is 27.0 Å². The van der Waals surface area contributed by atoms with Crippen LogP contribution in [0.3, 0.4) is 0 Å². The van der Waals surface area contributed by atoms with Gasteiger partial charge in [0.2, 0.25) is 5.79 Å². The molecule has 5 nitrogen and oxygen atoms in total. The van der Waals surface area contributed by atoms with E-state index in [1.165, 1.54) is 16.8 Å². The van der Waals surface area contributed by atoms with Gasteiger partial charge in [-0.2, -0.15) is 5.10 Å². The van der Waals surface area contributed by atoms with Gasteiger partial charge in [-0.3, -0.25) is 0 Å². The Kier molecular flexibility index (Phi) is 2.17. The third-order valence-corrected chi connectivity index (χ3v) is 3.71. The Morgan fingerprint density at radius 1 is 1.45 bits per heavy atom. The molecule has 2 aromatic rings. The molecule has 0 amide bonds. The van der Waals surface area contributed by atoms with E-state index in [4.69, 9.17) is 9.84 Å². The maximum absolute atomic E-state index is 14.1. The number of carbonyl (C=O) groups is 1. The van der Waals surface area contributed by atoms with Crippen molar-refractivity contribution in [2.24, 2.45) is 0 Å². The zero-order valence-electron chi connectivity index (χ0n) is 10.7. The second kappa shape index (κ2) is 3.71. The van der Waals surface area contributed by atoms with Crippen molar-refractivity contribution in [3.8, 4) is 5.75 Å². The molecule has 2 fully saturated rings. The van der Waals surface area contributed by atoms with Crippen molar-refractivity contribution < 1.29 is 19.0 Å². The van der Waals surface area contributed by atoms with Crippen LogP contribution in [0.15, 0.2) is 18.3 Å². The molecular formula is C14H13FN2O3. The van der Waals surface area contributed by atoms with Gasteiger partial charge in [0.25, 0.3) is 0 Å². The van der Waals surface area contributed by atoms with Crippen molar-refractivity contribution in [3.05, 3.63) is 23.9 Å². The third-order valence-electron chi connectivity index (χ3n) is 3.71. The molecule has 1 aromatic carbocycles. The van der Waals surface area contributed by atoms with Gasteiger partial charge in [-0.25, -0.2) is 13.9 Å². The van der Waals surface area contributed by atoms with E-state index in [1.54, 1.807) is 6.20 Å². The molecule has 2 saturated carbocycles. The number of benzene rings is 1. The molecular weight excluding hydrogens is 263 g/mol. The largest absolute Gasteiger partial charge is 0.488 e. The predicted molar refractivity (Wildman–Crippen MR) is 68.7 cm³/mol. The number of alkyl halides is 1. The first-order chi connectivity index (χ1) is 9.55. The number of ether oxygens (including phenoxy) is 1. The summed E-state index contributed by atoms with van der Waals surface area (Å²) in [5.74, 6) is -1.99. The Balaban J connectivity index is 1.86. The summed E-state index contributed by atoms with van der Waals surface area (Å²) in [7, 11) is 0. The second-order valence-electron chi connectivity index (χ2n) is 5.53. The fourth-order valence-corrected chi connectivity index (χ4v) is 2.22. The molecule has 20 heavy (non-hydrogen) atoms. The molecule has 0 atom stereocenters. The Morgan fingerprint density at radius 3 is 2.80 bits per heavy atom. The number of carboxylic acids is 1. The molecule has 0 bridgehead atoms. The number of aromatic carboxylic acids is 1. The summed E-state index contributed by atoms with van der Waals surface area (Å²) < 4.78 is 21.1. The van der Waals surface area contributed by atoms with E-state index in [0.29, 0.717) is 29.5 Å². The van der Waals surface area contributed by atoms with Crippen LogP contribution < -0.4 is 4.74 Å². The van der Waals surface area contributed by atoms with Crippen LogP contribution in [0, 0.1) is 0 Å². The summed E-state index contributed by atoms with van der Waals surface area (Å²) in [5, 5.41) is 14.0. The molecule has 1 heterocycles. The lowest BCUT2D eigenvalue weighted by Crippen LogP contribution is -2.10. The average Bonchev–Trinajstić information content (AvgIpc) is 3.31. The maximum Gasteiger partial charge on any atom is 0.335 e. The van der Waals surface area contributed by atoms with Crippen molar-refractivity contribution in [1.82, 2.24) is 9.78 Å². The van der Waals surface area contributed by atoms with Gasteiger partial charge < -0.3 is 9.84 Å². The van der Waals surface area contributed by atoms with Crippen LogP contribution >= 0.6 is 0 Å². The van der Waals surface area contributed by atoms with Gasteiger partial charge in [0.1, 0.15) is 11.3 Å². The third kappa shape index (κ3) is 1.83. The second-order valence-corrected chi connectivity index (χ2v) is 5.53. The van der Waals surface area contributed by atoms with Gasteiger partial charge in [-0.05, 0) is 25.0 Å². The first kappa shape index (κ1) is 11.7. The van der Waals surface area contributed by atoms with Crippen LogP contribution in [0.1, 0.15) is 36.0 Å². The van der Waals surface area contributed by atoms with E-state index in [2.05, 4.69) is 5.10 Å². The van der Waals surface area contributed by atoms with Crippen LogP contribution in [0.5, 0.6) is 5.75 Å². The Bertz CT molecular complexity index is 717. The van der Waals surface area contributed by atoms with Gasteiger partial charge in [-0.1, -0.05) is 0 Å². The van der Waals surface area contributed by atoms with E-state index in [9.17, 15) is 9.18 Å². The van der Waals surface area contributed by atoms with Crippen molar-refractivity contribution in [2.75, 3.05) is 0 Å². The summed E-state index contributed by atoms with van der Waals surface area (Å²) in [6.45, 7) is 0. The first-order valence-electron chi connectivity index (χ1n) is 6.68. The van der Waals surface area contributed by atoms with Crippen molar-refractivity contribution in [3.63, 3.8) is 0 Å². The van der Waals surface area contributed by atoms with Crippen molar-refractivity contribution in [2.45, 2.75) is 37.6 Å². The van der Waals surface area contributed by atoms with E-state index < -0.39 is 11.8 Å². The molecule has 2 aliphatic carbocycles. The fourth-order valence-electron chi connectivity index (χ4n) is 2.22. The van der Waals surface area contributed by atoms with Crippen LogP contribution in [0.25, 0.3) is 10.9 Å². The number of halogens is 1. The normalized spacial score (nSPS) is 20.1. The summed E-state index contributed by atoms with van der Waals surface area (Å²) >= 11 is 0. The van der Waals surface area contributed by atoms with E-state index >= 15 is 0 Å². The Morgan fingerprint density at radius 2 is 2.20 bits per heavy atom. The van der Waals surface area contributed by atoms with Gasteiger partial charge in [0.05, 0.1) is 11.7 Å². The summed E-state index contributed by atoms with van der Waals surface area (Å²) in [6, 6.07) is 2.98. The van der Waals surface area contributed by atoms with E-state index in [1.807, 2.05) is 0 Å². The highest BCUT2D eigenvalue weighted by atomic mass is 19.1. The smallest absolute Gasteiger partial charge is 0.335 e. The zero-order chi connectivity index (χ0) is 13.9. The van der Waals surface area contributed by atoms with Crippen molar-refractivity contribution >= 4 is 16.9 Å². The van der Waals surface area contributed by atoms with E-state index in [0.717, 1.165) is 12.8 Å². The molecule has 0 aliphatic heterocycles. The van der Waals surface area contributed by atoms with Crippen LogP contribution in [0.2, 0.25) is 0 Å². The average molecular weight is 276 g/mol. The van der Waals surface area contributed by atoms with Gasteiger partial charge in [0.15, 0.2) is 0 Å². The lowest BCUT2D eigenvalue weighted by molar-refractivity contribution is 0.0696. The minimum absolute atomic E-state index is 0.132. The quantitative estimate of drug-likeness (QED) is 0.932. The topological polar surface area (TPSA) is 64.3 Å². The number of carboxylic acid groups (broad SMARTS) is 1. The molecule has 6 heteroatoms. The van der Waals surface area contributed by atoms with Crippen molar-refractivity contribution in [1.29, 1.82) is 0 Å². The number of fused-ring (bicyclic) bond motifs is 1. The Labute approximate surface area is 113 Å². The first-order valence-corrected chi connectivity index (χ1v) is 6.68. The predicted octanol–water partition coefficient (Wildman–Crippen LogP) is 2.69. The highest BCUT2D eigenvalue weighted by Crippen LogP contribution is 2.45. The fraction of sp³-hybridized carbons (Fsp3) is 0.429. The molecule has 0 saturated heterocycles. The maximum atomic E-state index is 14.1. The molecule has 0 radical (unpaired) electrons. The van der Waals surface area contributed by atoms with Gasteiger partial charge in [0, 0.05) is 24.4 Å². The lowest BCUT2D eigenvalue weighted by atomic mass is 10.1. The van der Waals surface area contributed by atoms with E-state index in [-0.39, 0.29) is 11.7 Å². The number of hydrogen-bond donors (Lipinski definition) is 1. The van der Waals surface area contributed by atoms with Crippen LogP contribution in [-0.2, 0) is 5.79 Å². The van der Waals surface area contributed by atoms with Gasteiger partial charge >= 0.3 is 5.97 Å². The molecule has 1 N–H and O–H groups in total. The minimum atomic E-state index is -1.40. The lowest BCUT2D eigenvalue weighted by Gasteiger charge is -2.06. The molecule has 0 unspecified atom stereocenters. The SMILES string of the molecule is O=C(O)c1cc(OC2CC2)c2nn(C3(F)CC3)cc2c1. The summed E-state index contributed by atoms with van der Waals surface area (Å²) in [4.78, 5) is 11.2. The molecule has 1 aromatic heterocycles. The highest BCUT2D eigenvalue weighted by molar-refractivity contribution is 5.96. The molecule has 4 rings (SSSR count). The number of aromatic nitrogens is 2. The summed E-state index contributed by atoms with van der Waals surface area (Å²) in [6.07, 6.45) is 4.53. The minimum Gasteiger partial charge on any atom is -0.488 e. The highest BCUT2D eigenvalue weighted by Gasteiger charge is 2.46.